The Morgan fingerprint density at radius 1 is 0.717 bits per heavy atom. The smallest absolute Gasteiger partial charge is 0.243 e. The summed E-state index contributed by atoms with van der Waals surface area (Å²) in [7, 11) is 0. The number of H-pyrrole nitrogens is 1. The largest absolute Gasteiger partial charge is 0.370 e. The molecule has 2 aromatic carbocycles. The van der Waals surface area contributed by atoms with Crippen LogP contribution in [0.15, 0.2) is 65.8 Å². The Bertz CT molecular complexity index is 2020. The minimum atomic E-state index is -1.23. The summed E-state index contributed by atoms with van der Waals surface area (Å²) in [6.07, 6.45) is 4.62. The van der Waals surface area contributed by atoms with Crippen LogP contribution < -0.4 is 43.8 Å². The molecule has 0 aliphatic carbocycles. The van der Waals surface area contributed by atoms with Gasteiger partial charge in [0, 0.05) is 62.4 Å². The number of benzene rings is 2. The first-order valence-electron chi connectivity index (χ1n) is 20.6. The van der Waals surface area contributed by atoms with Crippen molar-refractivity contribution >= 4 is 58.2 Å². The molecule has 7 amide bonds. The lowest BCUT2D eigenvalue weighted by Gasteiger charge is -2.28. The lowest BCUT2D eigenvalue weighted by Crippen LogP contribution is -2.59. The minimum absolute atomic E-state index is 0.0110. The predicted molar refractivity (Wildman–Crippen MR) is 224 cm³/mol. The third-order valence-corrected chi connectivity index (χ3v) is 10.8. The van der Waals surface area contributed by atoms with Crippen molar-refractivity contribution in [3.05, 3.63) is 71.9 Å². The fourth-order valence-electron chi connectivity index (χ4n) is 7.60. The number of carbonyl (C=O) groups is 7. The molecular formula is C42H57N11O7. The number of hydrogen-bond acceptors (Lipinski definition) is 8. The first-order valence-corrected chi connectivity index (χ1v) is 20.6. The van der Waals surface area contributed by atoms with Gasteiger partial charge in [0.1, 0.15) is 30.2 Å². The zero-order chi connectivity index (χ0) is 43.0. The van der Waals surface area contributed by atoms with Crippen LogP contribution in [0.5, 0.6) is 0 Å². The van der Waals surface area contributed by atoms with Gasteiger partial charge in [-0.05, 0) is 68.6 Å². The van der Waals surface area contributed by atoms with Crippen LogP contribution in [0.4, 0.5) is 0 Å². The van der Waals surface area contributed by atoms with Gasteiger partial charge < -0.3 is 53.7 Å². The molecule has 5 atom stereocenters. The zero-order valence-corrected chi connectivity index (χ0v) is 33.8. The topological polar surface area (TPSA) is 289 Å². The Balaban J connectivity index is 1.47. The van der Waals surface area contributed by atoms with Crippen LogP contribution in [0.1, 0.15) is 75.3 Å². The molecule has 2 aliphatic heterocycles. The highest BCUT2D eigenvalue weighted by Gasteiger charge is 2.37. The van der Waals surface area contributed by atoms with Gasteiger partial charge in [-0.25, -0.2) is 0 Å². The Hall–Kier alpha value is -6.46. The number of primary amides is 1. The van der Waals surface area contributed by atoms with E-state index in [0.717, 1.165) is 16.5 Å². The fourth-order valence-corrected chi connectivity index (χ4v) is 7.60. The van der Waals surface area contributed by atoms with Crippen molar-refractivity contribution in [2.45, 2.75) is 107 Å². The molecule has 0 unspecified atom stereocenters. The molecule has 2 saturated heterocycles. The Morgan fingerprint density at radius 2 is 1.40 bits per heavy atom. The lowest BCUT2D eigenvalue weighted by atomic mass is 10.0. The van der Waals surface area contributed by atoms with E-state index in [1.165, 1.54) is 4.90 Å². The number of aromatic nitrogens is 1. The first-order chi connectivity index (χ1) is 28.9. The molecule has 2 fully saturated rings. The number of fused-ring (bicyclic) bond motifs is 2. The Labute approximate surface area is 348 Å². The summed E-state index contributed by atoms with van der Waals surface area (Å²) in [5.41, 5.74) is 19.1. The van der Waals surface area contributed by atoms with Gasteiger partial charge in [0.15, 0.2) is 5.96 Å². The van der Waals surface area contributed by atoms with Gasteiger partial charge in [0.05, 0.1) is 0 Å². The van der Waals surface area contributed by atoms with E-state index < -0.39 is 59.7 Å². The minimum Gasteiger partial charge on any atom is -0.370 e. The summed E-state index contributed by atoms with van der Waals surface area (Å²) in [5.74, 6) is -3.99. The van der Waals surface area contributed by atoms with Crippen molar-refractivity contribution in [3.63, 3.8) is 0 Å². The summed E-state index contributed by atoms with van der Waals surface area (Å²) in [4.78, 5) is 104. The van der Waals surface area contributed by atoms with Gasteiger partial charge in [-0.3, -0.25) is 38.6 Å². The van der Waals surface area contributed by atoms with E-state index in [4.69, 9.17) is 17.2 Å². The lowest BCUT2D eigenvalue weighted by molar-refractivity contribution is -0.140. The number of carbonyl (C=O) groups excluding carboxylic acids is 7. The van der Waals surface area contributed by atoms with Gasteiger partial charge in [-0.1, -0.05) is 48.5 Å². The average molecular weight is 828 g/mol. The van der Waals surface area contributed by atoms with E-state index in [2.05, 4.69) is 36.6 Å². The zero-order valence-electron chi connectivity index (χ0n) is 33.8. The van der Waals surface area contributed by atoms with Gasteiger partial charge in [-0.2, -0.15) is 0 Å². The first kappa shape index (κ1) is 44.6. The van der Waals surface area contributed by atoms with Crippen molar-refractivity contribution in [1.82, 2.24) is 36.5 Å². The number of rotatable bonds is 9. The standard InChI is InChI=1S/C42H57N11O7/c43-37(56)30-15-6-7-20-46-35(54)18-8-19-36(55)53-22-10-17-34(53)41(60)52-32(23-26-11-2-1-3-12-26)39(58)50-31(16-9-21-47-42(44)45)38(57)51-33(40(59)49-30)24-27-25-48-29-14-5-4-13-28(27)29/h1-5,11-14,25,30-34,48H,6-10,15-24H2,(H2,43,56)(H,46,54)(H,49,59)(H,50,58)(H,51,57)(H,52,60)(H4,44,45,47)/t30-,31+,32+,33+,34+/m1/s1. The summed E-state index contributed by atoms with van der Waals surface area (Å²) in [6.45, 7) is 0.803. The summed E-state index contributed by atoms with van der Waals surface area (Å²) < 4.78 is 0. The summed E-state index contributed by atoms with van der Waals surface area (Å²) in [5, 5.41) is 14.8. The number of para-hydroxylation sites is 1. The maximum absolute atomic E-state index is 14.3. The molecule has 322 valence electrons. The monoisotopic (exact) mass is 827 g/mol. The second-order valence-electron chi connectivity index (χ2n) is 15.3. The van der Waals surface area contributed by atoms with E-state index in [1.807, 2.05) is 30.3 Å². The molecule has 3 aromatic rings. The van der Waals surface area contributed by atoms with E-state index in [0.29, 0.717) is 44.3 Å². The predicted octanol–water partition coefficient (Wildman–Crippen LogP) is -0.107. The maximum Gasteiger partial charge on any atom is 0.243 e. The highest BCUT2D eigenvalue weighted by atomic mass is 16.2. The normalized spacial score (nSPS) is 23.3. The van der Waals surface area contributed by atoms with Crippen molar-refractivity contribution < 1.29 is 33.6 Å². The van der Waals surface area contributed by atoms with E-state index in [-0.39, 0.29) is 75.7 Å². The van der Waals surface area contributed by atoms with Crippen LogP contribution >= 0.6 is 0 Å². The number of aliphatic imine (C=N–C) groups is 1. The summed E-state index contributed by atoms with van der Waals surface area (Å²) >= 11 is 0. The molecule has 0 bridgehead atoms. The van der Waals surface area contributed by atoms with E-state index in [9.17, 15) is 33.6 Å². The fraction of sp³-hybridized carbons (Fsp3) is 0.476. The average Bonchev–Trinajstić information content (AvgIpc) is 3.89. The SMILES string of the molecule is NC(=O)[C@H]1CCCCNC(=O)CCCC(=O)N2CCC[C@H]2C(=O)N[C@@H](Cc2ccccc2)C(=O)N[C@@H](CCCN=C(N)N)C(=O)N[C@@H](Cc2c[nH]c3ccccc23)C(=O)N1. The maximum atomic E-state index is 14.3. The molecule has 18 nitrogen and oxygen atoms in total. The third-order valence-electron chi connectivity index (χ3n) is 10.8. The Kier molecular flexibility index (Phi) is 16.4. The highest BCUT2D eigenvalue weighted by Crippen LogP contribution is 2.21. The van der Waals surface area contributed by atoms with Crippen molar-refractivity contribution in [2.75, 3.05) is 19.6 Å². The van der Waals surface area contributed by atoms with Crippen molar-refractivity contribution in [2.24, 2.45) is 22.2 Å². The van der Waals surface area contributed by atoms with Crippen LogP contribution in [-0.4, -0.2) is 107 Å². The molecule has 0 saturated carbocycles. The van der Waals surface area contributed by atoms with E-state index in [1.54, 1.807) is 30.5 Å². The molecule has 60 heavy (non-hydrogen) atoms. The molecule has 2 aliphatic rings. The Morgan fingerprint density at radius 3 is 2.17 bits per heavy atom. The summed E-state index contributed by atoms with van der Waals surface area (Å²) in [6, 6.07) is 11.0. The number of nitrogens with one attached hydrogen (secondary N) is 6. The van der Waals surface area contributed by atoms with Gasteiger partial charge in [-0.15, -0.1) is 0 Å². The number of guanidine groups is 1. The number of hydrogen-bond donors (Lipinski definition) is 9. The third kappa shape index (κ3) is 13.0. The van der Waals surface area contributed by atoms with Crippen LogP contribution in [-0.2, 0) is 46.4 Å². The molecule has 1 aromatic heterocycles. The molecule has 5 rings (SSSR count). The van der Waals surface area contributed by atoms with Crippen LogP contribution in [0, 0.1) is 0 Å². The number of aromatic amines is 1. The van der Waals surface area contributed by atoms with Gasteiger partial charge >= 0.3 is 0 Å². The van der Waals surface area contributed by atoms with Crippen LogP contribution in [0.2, 0.25) is 0 Å². The molecule has 12 N–H and O–H groups in total. The highest BCUT2D eigenvalue weighted by molar-refractivity contribution is 5.97. The van der Waals surface area contributed by atoms with Gasteiger partial charge in [0.2, 0.25) is 41.4 Å². The molecule has 0 spiro atoms. The molecule has 3 heterocycles. The molecular weight excluding hydrogens is 771 g/mol. The second kappa shape index (κ2) is 22.1. The second-order valence-corrected chi connectivity index (χ2v) is 15.3. The van der Waals surface area contributed by atoms with Crippen LogP contribution in [0.25, 0.3) is 10.9 Å². The van der Waals surface area contributed by atoms with Crippen LogP contribution in [0.3, 0.4) is 0 Å². The van der Waals surface area contributed by atoms with Crippen molar-refractivity contribution in [1.29, 1.82) is 0 Å². The molecule has 18 heteroatoms. The van der Waals surface area contributed by atoms with Gasteiger partial charge in [0.25, 0.3) is 0 Å². The van der Waals surface area contributed by atoms with E-state index >= 15 is 0 Å². The molecule has 0 radical (unpaired) electrons. The number of nitrogens with zero attached hydrogens (tertiary/aromatic N) is 2. The number of nitrogens with two attached hydrogens (primary N) is 3. The number of amides is 7. The van der Waals surface area contributed by atoms with Crippen molar-refractivity contribution in [3.8, 4) is 0 Å². The quantitative estimate of drug-likeness (QED) is 0.0790.